The van der Waals surface area contributed by atoms with E-state index < -0.39 is 0 Å². The number of hydrogen-bond acceptors (Lipinski definition) is 7. The minimum Gasteiger partial charge on any atom is -0.457 e. The van der Waals surface area contributed by atoms with Crippen LogP contribution in [0.5, 0.6) is 23.1 Å². The van der Waals surface area contributed by atoms with Gasteiger partial charge in [0.05, 0.1) is 0 Å². The van der Waals surface area contributed by atoms with Gasteiger partial charge >= 0.3 is 0 Å². The standard InChI is InChI=1S/C22H23N5O2/c23-14-20-21(27-16-10-12-24-13-11-16)22(26-15-25-20)29-19-8-6-18(7-9-19)28-17-4-2-1-3-5-17/h1-9,14-16,23-24,27H,10-13H2. The van der Waals surface area contributed by atoms with Crippen LogP contribution >= 0.6 is 0 Å². The molecule has 1 saturated heterocycles. The normalized spacial score (nSPS) is 14.2. The molecule has 2 aromatic carbocycles. The Labute approximate surface area is 169 Å². The van der Waals surface area contributed by atoms with E-state index in [-0.39, 0.29) is 0 Å². The fraction of sp³-hybridized carbons (Fsp3) is 0.227. The molecule has 7 nitrogen and oxygen atoms in total. The molecule has 3 N–H and O–H groups in total. The van der Waals surface area contributed by atoms with Gasteiger partial charge < -0.3 is 25.5 Å². The van der Waals surface area contributed by atoms with Gasteiger partial charge in [-0.1, -0.05) is 18.2 Å². The molecule has 2 heterocycles. The SMILES string of the molecule is N=Cc1ncnc(Oc2ccc(Oc3ccccc3)cc2)c1NC1CCNCC1. The molecule has 0 spiro atoms. The number of aromatic nitrogens is 2. The van der Waals surface area contributed by atoms with Crippen LogP contribution in [0.2, 0.25) is 0 Å². The summed E-state index contributed by atoms with van der Waals surface area (Å²) < 4.78 is 11.8. The van der Waals surface area contributed by atoms with E-state index >= 15 is 0 Å². The number of rotatable bonds is 7. The summed E-state index contributed by atoms with van der Waals surface area (Å²) in [7, 11) is 0. The van der Waals surface area contributed by atoms with E-state index in [2.05, 4.69) is 20.6 Å². The van der Waals surface area contributed by atoms with Crippen molar-refractivity contribution in [2.24, 2.45) is 0 Å². The van der Waals surface area contributed by atoms with Crippen molar-refractivity contribution in [3.63, 3.8) is 0 Å². The zero-order valence-corrected chi connectivity index (χ0v) is 16.0. The second-order valence-corrected chi connectivity index (χ2v) is 6.74. The first-order chi connectivity index (χ1) is 14.3. The molecule has 29 heavy (non-hydrogen) atoms. The molecule has 1 fully saturated rings. The second kappa shape index (κ2) is 9.16. The van der Waals surface area contributed by atoms with Crippen LogP contribution in [0.1, 0.15) is 18.5 Å². The molecule has 0 aliphatic carbocycles. The summed E-state index contributed by atoms with van der Waals surface area (Å²) in [4.78, 5) is 8.49. The Hall–Kier alpha value is -3.45. The van der Waals surface area contributed by atoms with E-state index in [9.17, 15) is 0 Å². The Morgan fingerprint density at radius 1 is 0.897 bits per heavy atom. The fourth-order valence-electron chi connectivity index (χ4n) is 3.19. The van der Waals surface area contributed by atoms with Crippen LogP contribution in [0.25, 0.3) is 0 Å². The molecule has 1 aliphatic heterocycles. The van der Waals surface area contributed by atoms with Crippen molar-refractivity contribution in [2.75, 3.05) is 18.4 Å². The van der Waals surface area contributed by atoms with Crippen LogP contribution in [0.3, 0.4) is 0 Å². The van der Waals surface area contributed by atoms with Gasteiger partial charge in [0.2, 0.25) is 5.88 Å². The average Bonchev–Trinajstić information content (AvgIpc) is 2.78. The molecule has 0 atom stereocenters. The van der Waals surface area contributed by atoms with E-state index in [1.807, 2.05) is 54.6 Å². The van der Waals surface area contributed by atoms with Crippen LogP contribution < -0.4 is 20.1 Å². The number of nitrogens with zero attached hydrogens (tertiary/aromatic N) is 2. The lowest BCUT2D eigenvalue weighted by molar-refractivity contribution is 0.450. The van der Waals surface area contributed by atoms with Gasteiger partial charge in [-0.25, -0.2) is 4.98 Å². The van der Waals surface area contributed by atoms with E-state index in [0.29, 0.717) is 29.1 Å². The fourth-order valence-corrected chi connectivity index (χ4v) is 3.19. The quantitative estimate of drug-likeness (QED) is 0.524. The highest BCUT2D eigenvalue weighted by Crippen LogP contribution is 2.31. The smallest absolute Gasteiger partial charge is 0.246 e. The first kappa shape index (κ1) is 18.9. The van der Waals surface area contributed by atoms with Crippen molar-refractivity contribution < 1.29 is 9.47 Å². The third-order valence-electron chi connectivity index (χ3n) is 4.68. The van der Waals surface area contributed by atoms with Crippen molar-refractivity contribution in [1.82, 2.24) is 15.3 Å². The third-order valence-corrected chi connectivity index (χ3v) is 4.68. The van der Waals surface area contributed by atoms with Crippen molar-refractivity contribution >= 4 is 11.9 Å². The zero-order chi connectivity index (χ0) is 19.9. The summed E-state index contributed by atoms with van der Waals surface area (Å²) in [6.45, 7) is 1.93. The maximum Gasteiger partial charge on any atom is 0.246 e. The van der Waals surface area contributed by atoms with E-state index in [1.54, 1.807) is 0 Å². The summed E-state index contributed by atoms with van der Waals surface area (Å²) in [5, 5.41) is 14.5. The highest BCUT2D eigenvalue weighted by atomic mass is 16.5. The van der Waals surface area contributed by atoms with Gasteiger partial charge in [0, 0.05) is 12.3 Å². The van der Waals surface area contributed by atoms with E-state index in [4.69, 9.17) is 14.9 Å². The third kappa shape index (κ3) is 4.89. The predicted octanol–water partition coefficient (Wildman–Crippen LogP) is 4.22. The van der Waals surface area contributed by atoms with Gasteiger partial charge in [0.15, 0.2) is 0 Å². The lowest BCUT2D eigenvalue weighted by Gasteiger charge is -2.25. The minimum absolute atomic E-state index is 0.296. The molecule has 0 radical (unpaired) electrons. The molecule has 7 heteroatoms. The monoisotopic (exact) mass is 389 g/mol. The molecular formula is C22H23N5O2. The Kier molecular flexibility index (Phi) is 5.97. The number of piperidine rings is 1. The van der Waals surface area contributed by atoms with Crippen LogP contribution in [0.15, 0.2) is 60.9 Å². The predicted molar refractivity (Wildman–Crippen MR) is 112 cm³/mol. The molecule has 0 unspecified atom stereocenters. The van der Waals surface area contributed by atoms with Gasteiger partial charge in [0.1, 0.15) is 35.0 Å². The van der Waals surface area contributed by atoms with Crippen molar-refractivity contribution in [2.45, 2.75) is 18.9 Å². The Bertz CT molecular complexity index is 941. The summed E-state index contributed by atoms with van der Waals surface area (Å²) >= 11 is 0. The molecular weight excluding hydrogens is 366 g/mol. The van der Waals surface area contributed by atoms with Gasteiger partial charge in [-0.3, -0.25) is 0 Å². The van der Waals surface area contributed by atoms with Crippen LogP contribution in [-0.4, -0.2) is 35.3 Å². The summed E-state index contributed by atoms with van der Waals surface area (Å²) in [6.07, 6.45) is 4.62. The zero-order valence-electron chi connectivity index (χ0n) is 16.0. The lowest BCUT2D eigenvalue weighted by Crippen LogP contribution is -2.35. The van der Waals surface area contributed by atoms with Gasteiger partial charge in [0.25, 0.3) is 0 Å². The van der Waals surface area contributed by atoms with E-state index in [0.717, 1.165) is 37.4 Å². The molecule has 0 amide bonds. The van der Waals surface area contributed by atoms with Crippen molar-refractivity contribution in [3.8, 4) is 23.1 Å². The number of anilines is 1. The van der Waals surface area contributed by atoms with Crippen molar-refractivity contribution in [1.29, 1.82) is 5.41 Å². The second-order valence-electron chi connectivity index (χ2n) is 6.74. The molecule has 1 aromatic heterocycles. The Balaban J connectivity index is 1.50. The lowest BCUT2D eigenvalue weighted by atomic mass is 10.1. The summed E-state index contributed by atoms with van der Waals surface area (Å²) in [6, 6.07) is 17.3. The molecule has 148 valence electrons. The first-order valence-corrected chi connectivity index (χ1v) is 9.65. The number of hydrogen-bond donors (Lipinski definition) is 3. The van der Waals surface area contributed by atoms with Crippen LogP contribution in [-0.2, 0) is 0 Å². The van der Waals surface area contributed by atoms with Crippen molar-refractivity contribution in [3.05, 3.63) is 66.6 Å². The average molecular weight is 389 g/mol. The largest absolute Gasteiger partial charge is 0.457 e. The highest BCUT2D eigenvalue weighted by molar-refractivity contribution is 5.85. The maximum atomic E-state index is 7.67. The molecule has 1 aliphatic rings. The molecule has 0 saturated carbocycles. The summed E-state index contributed by atoms with van der Waals surface area (Å²) in [5.41, 5.74) is 1.16. The number of benzene rings is 2. The number of ether oxygens (including phenoxy) is 2. The minimum atomic E-state index is 0.296. The maximum absolute atomic E-state index is 7.67. The molecule has 4 rings (SSSR count). The molecule has 0 bridgehead atoms. The molecule has 3 aromatic rings. The first-order valence-electron chi connectivity index (χ1n) is 9.65. The summed E-state index contributed by atoms with van der Waals surface area (Å²) in [5.74, 6) is 2.54. The van der Waals surface area contributed by atoms with Gasteiger partial charge in [-0.2, -0.15) is 4.98 Å². The number of nitrogens with one attached hydrogen (secondary N) is 3. The Morgan fingerprint density at radius 3 is 2.24 bits per heavy atom. The topological polar surface area (TPSA) is 92.2 Å². The van der Waals surface area contributed by atoms with Crippen LogP contribution in [0.4, 0.5) is 5.69 Å². The number of para-hydroxylation sites is 1. The van der Waals surface area contributed by atoms with Gasteiger partial charge in [-0.15, -0.1) is 0 Å². The van der Waals surface area contributed by atoms with Gasteiger partial charge in [-0.05, 0) is 62.3 Å². The Morgan fingerprint density at radius 2 is 1.55 bits per heavy atom. The van der Waals surface area contributed by atoms with Crippen LogP contribution in [0, 0.1) is 5.41 Å². The highest BCUT2D eigenvalue weighted by Gasteiger charge is 2.19. The van der Waals surface area contributed by atoms with E-state index in [1.165, 1.54) is 12.5 Å².